The summed E-state index contributed by atoms with van der Waals surface area (Å²) in [6.07, 6.45) is 5.68. The zero-order chi connectivity index (χ0) is 17.9. The second kappa shape index (κ2) is 6.99. The first kappa shape index (κ1) is 16.3. The lowest BCUT2D eigenvalue weighted by molar-refractivity contribution is 0.199. The second-order valence-electron chi connectivity index (χ2n) is 6.35. The molecular weight excluding hydrogens is 332 g/mol. The summed E-state index contributed by atoms with van der Waals surface area (Å²) >= 11 is 0. The van der Waals surface area contributed by atoms with Crippen LogP contribution in [-0.2, 0) is 6.54 Å². The molecule has 1 fully saturated rings. The molecule has 8 nitrogen and oxygen atoms in total. The summed E-state index contributed by atoms with van der Waals surface area (Å²) in [6, 6.07) is 9.36. The van der Waals surface area contributed by atoms with Gasteiger partial charge in [-0.25, -0.2) is 4.79 Å². The van der Waals surface area contributed by atoms with Crippen LogP contribution < -0.4 is 5.32 Å². The van der Waals surface area contributed by atoms with E-state index in [0.717, 1.165) is 37.2 Å². The average Bonchev–Trinajstić information content (AvgIpc) is 3.38. The fraction of sp³-hybridized carbons (Fsp3) is 0.333. The number of nitrogens with one attached hydrogen (secondary N) is 1. The molecule has 0 saturated carbocycles. The predicted octanol–water partition coefficient (Wildman–Crippen LogP) is 2.94. The van der Waals surface area contributed by atoms with E-state index in [-0.39, 0.29) is 12.1 Å². The SMILES string of the molecule is Cc1nnc(-c2ccc(NC(=O)N3CCC[C@@H]3Cn3cccn3)cc2)o1. The molecule has 26 heavy (non-hydrogen) atoms. The number of benzene rings is 1. The number of aromatic nitrogens is 4. The highest BCUT2D eigenvalue weighted by molar-refractivity contribution is 5.90. The molecule has 3 aromatic rings. The van der Waals surface area contributed by atoms with Crippen LogP contribution in [-0.4, -0.2) is 43.5 Å². The summed E-state index contributed by atoms with van der Waals surface area (Å²) in [5.41, 5.74) is 1.56. The Morgan fingerprint density at radius 3 is 2.85 bits per heavy atom. The normalized spacial score (nSPS) is 16.8. The molecule has 8 heteroatoms. The molecule has 4 rings (SSSR count). The predicted molar refractivity (Wildman–Crippen MR) is 95.4 cm³/mol. The number of carbonyl (C=O) groups is 1. The molecule has 1 aliphatic rings. The van der Waals surface area contributed by atoms with Gasteiger partial charge in [-0.05, 0) is 43.2 Å². The molecule has 0 radical (unpaired) electrons. The highest BCUT2D eigenvalue weighted by atomic mass is 16.4. The average molecular weight is 352 g/mol. The van der Waals surface area contributed by atoms with Crippen LogP contribution in [0.3, 0.4) is 0 Å². The van der Waals surface area contributed by atoms with Gasteiger partial charge in [0, 0.05) is 37.1 Å². The monoisotopic (exact) mass is 352 g/mol. The molecule has 0 aliphatic carbocycles. The fourth-order valence-corrected chi connectivity index (χ4v) is 3.22. The van der Waals surface area contributed by atoms with Crippen molar-refractivity contribution in [3.63, 3.8) is 0 Å². The number of anilines is 1. The largest absolute Gasteiger partial charge is 0.421 e. The van der Waals surface area contributed by atoms with E-state index in [4.69, 9.17) is 4.42 Å². The van der Waals surface area contributed by atoms with Crippen LogP contribution in [0.1, 0.15) is 18.7 Å². The Kier molecular flexibility index (Phi) is 4.39. The first-order valence-corrected chi connectivity index (χ1v) is 8.64. The third-order valence-corrected chi connectivity index (χ3v) is 4.50. The van der Waals surface area contributed by atoms with Crippen LogP contribution in [0.5, 0.6) is 0 Å². The second-order valence-corrected chi connectivity index (χ2v) is 6.35. The van der Waals surface area contributed by atoms with E-state index in [2.05, 4.69) is 20.6 Å². The molecule has 2 amide bonds. The number of urea groups is 1. The Morgan fingerprint density at radius 2 is 2.15 bits per heavy atom. The van der Waals surface area contributed by atoms with E-state index < -0.39 is 0 Å². The molecule has 1 aliphatic heterocycles. The number of amides is 2. The van der Waals surface area contributed by atoms with Gasteiger partial charge in [-0.1, -0.05) is 0 Å². The summed E-state index contributed by atoms with van der Waals surface area (Å²) in [5.74, 6) is 0.994. The van der Waals surface area contributed by atoms with Crippen molar-refractivity contribution < 1.29 is 9.21 Å². The molecule has 1 saturated heterocycles. The smallest absolute Gasteiger partial charge is 0.322 e. The van der Waals surface area contributed by atoms with Crippen molar-refractivity contribution in [1.82, 2.24) is 24.9 Å². The van der Waals surface area contributed by atoms with E-state index in [1.165, 1.54) is 0 Å². The molecule has 1 atom stereocenters. The molecule has 2 aromatic heterocycles. The van der Waals surface area contributed by atoms with Gasteiger partial charge in [-0.15, -0.1) is 10.2 Å². The third-order valence-electron chi connectivity index (χ3n) is 4.50. The van der Waals surface area contributed by atoms with Crippen LogP contribution in [0.15, 0.2) is 47.1 Å². The number of likely N-dealkylation sites (tertiary alicyclic amines) is 1. The van der Waals surface area contributed by atoms with Crippen molar-refractivity contribution in [2.75, 3.05) is 11.9 Å². The maximum Gasteiger partial charge on any atom is 0.322 e. The van der Waals surface area contributed by atoms with Crippen molar-refractivity contribution in [2.24, 2.45) is 0 Å². The van der Waals surface area contributed by atoms with Crippen LogP contribution in [0.25, 0.3) is 11.5 Å². The first-order chi connectivity index (χ1) is 12.7. The topological polar surface area (TPSA) is 89.1 Å². The van der Waals surface area contributed by atoms with Gasteiger partial charge >= 0.3 is 6.03 Å². The molecule has 1 aromatic carbocycles. The molecule has 0 unspecified atom stereocenters. The third kappa shape index (κ3) is 3.44. The van der Waals surface area contributed by atoms with Gasteiger partial charge in [-0.2, -0.15) is 5.10 Å². The number of nitrogens with zero attached hydrogens (tertiary/aromatic N) is 5. The van der Waals surface area contributed by atoms with Crippen molar-refractivity contribution in [3.8, 4) is 11.5 Å². The standard InChI is InChI=1S/C18H20N6O2/c1-13-21-22-17(26-13)14-5-7-15(8-6-14)20-18(25)24-11-2-4-16(24)12-23-10-3-9-19-23/h3,5-10,16H,2,4,11-12H2,1H3,(H,20,25)/t16-/m1/s1. The molecule has 0 bridgehead atoms. The Hall–Kier alpha value is -3.16. The highest BCUT2D eigenvalue weighted by Gasteiger charge is 2.29. The van der Waals surface area contributed by atoms with Gasteiger partial charge in [-0.3, -0.25) is 4.68 Å². The number of hydrogen-bond donors (Lipinski definition) is 1. The number of hydrogen-bond acceptors (Lipinski definition) is 5. The summed E-state index contributed by atoms with van der Waals surface area (Å²) in [4.78, 5) is 14.5. The zero-order valence-electron chi connectivity index (χ0n) is 14.5. The zero-order valence-corrected chi connectivity index (χ0v) is 14.5. The van der Waals surface area contributed by atoms with Crippen molar-refractivity contribution in [1.29, 1.82) is 0 Å². The summed E-state index contributed by atoms with van der Waals surface area (Å²) in [7, 11) is 0. The Labute approximate surface area is 150 Å². The summed E-state index contributed by atoms with van der Waals surface area (Å²) in [5, 5.41) is 15.0. The maximum absolute atomic E-state index is 12.7. The van der Waals surface area contributed by atoms with E-state index in [0.29, 0.717) is 11.8 Å². The lowest BCUT2D eigenvalue weighted by atomic mass is 10.2. The van der Waals surface area contributed by atoms with Gasteiger partial charge in [0.25, 0.3) is 0 Å². The lowest BCUT2D eigenvalue weighted by Gasteiger charge is -2.25. The van der Waals surface area contributed by atoms with Gasteiger partial charge in [0.15, 0.2) is 0 Å². The molecule has 134 valence electrons. The first-order valence-electron chi connectivity index (χ1n) is 8.64. The van der Waals surface area contributed by atoms with Crippen molar-refractivity contribution in [3.05, 3.63) is 48.6 Å². The van der Waals surface area contributed by atoms with E-state index >= 15 is 0 Å². The quantitative estimate of drug-likeness (QED) is 0.780. The fourth-order valence-electron chi connectivity index (χ4n) is 3.22. The van der Waals surface area contributed by atoms with Gasteiger partial charge in [0.1, 0.15) is 0 Å². The number of carbonyl (C=O) groups excluding carboxylic acids is 1. The number of rotatable bonds is 4. The molecule has 3 heterocycles. The van der Waals surface area contributed by atoms with E-state index in [1.807, 2.05) is 46.1 Å². The number of aryl methyl sites for hydroxylation is 1. The minimum Gasteiger partial charge on any atom is -0.421 e. The Morgan fingerprint density at radius 1 is 1.31 bits per heavy atom. The Bertz CT molecular complexity index is 871. The van der Waals surface area contributed by atoms with Crippen LogP contribution in [0, 0.1) is 6.92 Å². The van der Waals surface area contributed by atoms with Crippen LogP contribution in [0.2, 0.25) is 0 Å². The molecular formula is C18H20N6O2. The van der Waals surface area contributed by atoms with Crippen LogP contribution in [0.4, 0.5) is 10.5 Å². The highest BCUT2D eigenvalue weighted by Crippen LogP contribution is 2.22. The maximum atomic E-state index is 12.7. The minimum atomic E-state index is -0.0824. The van der Waals surface area contributed by atoms with E-state index in [1.54, 1.807) is 13.1 Å². The summed E-state index contributed by atoms with van der Waals surface area (Å²) < 4.78 is 7.28. The van der Waals surface area contributed by atoms with Gasteiger partial charge < -0.3 is 14.6 Å². The van der Waals surface area contributed by atoms with Crippen molar-refractivity contribution in [2.45, 2.75) is 32.4 Å². The van der Waals surface area contributed by atoms with Gasteiger partial charge in [0.05, 0.1) is 12.6 Å². The summed E-state index contributed by atoms with van der Waals surface area (Å²) in [6.45, 7) is 3.23. The van der Waals surface area contributed by atoms with Crippen LogP contribution >= 0.6 is 0 Å². The lowest BCUT2D eigenvalue weighted by Crippen LogP contribution is -2.40. The van der Waals surface area contributed by atoms with Crippen molar-refractivity contribution >= 4 is 11.7 Å². The van der Waals surface area contributed by atoms with E-state index in [9.17, 15) is 4.79 Å². The molecule has 1 N–H and O–H groups in total. The Balaban J connectivity index is 1.40. The molecule has 0 spiro atoms. The van der Waals surface area contributed by atoms with Gasteiger partial charge in [0.2, 0.25) is 11.8 Å². The minimum absolute atomic E-state index is 0.0824.